The van der Waals surface area contributed by atoms with Gasteiger partial charge < -0.3 is 9.88 Å². The molecule has 1 aromatic heterocycles. The van der Waals surface area contributed by atoms with E-state index in [2.05, 4.69) is 15.3 Å². The van der Waals surface area contributed by atoms with Gasteiger partial charge in [0.05, 0.1) is 12.1 Å². The third-order valence-electron chi connectivity index (χ3n) is 4.76. The van der Waals surface area contributed by atoms with Gasteiger partial charge >= 0.3 is 5.69 Å². The number of nitrogens with one attached hydrogen (secondary N) is 1. The lowest BCUT2D eigenvalue weighted by atomic mass is 10.2. The zero-order chi connectivity index (χ0) is 21.8. The Labute approximate surface area is 176 Å². The average molecular weight is 419 g/mol. The first-order valence-corrected chi connectivity index (χ1v) is 9.51. The summed E-state index contributed by atoms with van der Waals surface area (Å²) < 4.78 is 15.5. The Balaban J connectivity index is 1.56. The number of pyridine rings is 2. The van der Waals surface area contributed by atoms with Crippen LogP contribution in [0.1, 0.15) is 11.1 Å². The number of benzene rings is 1. The molecule has 2 aromatic rings. The maximum atomic E-state index is 13.0. The van der Waals surface area contributed by atoms with Crippen LogP contribution in [-0.4, -0.2) is 25.0 Å². The largest absolute Gasteiger partial charge is 0.352 e. The van der Waals surface area contributed by atoms with Gasteiger partial charge in [0.25, 0.3) is 5.56 Å². The fourth-order valence-electron chi connectivity index (χ4n) is 3.17. The summed E-state index contributed by atoms with van der Waals surface area (Å²) in [5.74, 6) is -0.548. The molecule has 1 N–H and O–H groups in total. The molecule has 8 nitrogen and oxygen atoms in total. The lowest BCUT2D eigenvalue weighted by molar-refractivity contribution is -0.121. The zero-order valence-electron chi connectivity index (χ0n) is 16.4. The average Bonchev–Trinajstić information content (AvgIpc) is 2.77. The molecule has 4 rings (SSSR count). The molecule has 0 aliphatic carbocycles. The molecule has 2 aliphatic heterocycles. The van der Waals surface area contributed by atoms with Crippen molar-refractivity contribution in [3.05, 3.63) is 105 Å². The van der Waals surface area contributed by atoms with Crippen molar-refractivity contribution in [1.29, 1.82) is 0 Å². The van der Waals surface area contributed by atoms with Crippen molar-refractivity contribution in [1.82, 2.24) is 24.4 Å². The Kier molecular flexibility index (Phi) is 5.65. The van der Waals surface area contributed by atoms with Gasteiger partial charge in [-0.3, -0.25) is 19.1 Å². The van der Waals surface area contributed by atoms with Gasteiger partial charge in [-0.25, -0.2) is 9.18 Å². The molecular weight excluding hydrogens is 401 g/mol. The van der Waals surface area contributed by atoms with Crippen LogP contribution in [0.4, 0.5) is 4.39 Å². The molecule has 3 heterocycles. The van der Waals surface area contributed by atoms with Crippen LogP contribution < -0.4 is 16.6 Å². The summed E-state index contributed by atoms with van der Waals surface area (Å²) in [5.41, 5.74) is 0.562. The predicted molar refractivity (Wildman–Crippen MR) is 111 cm³/mol. The first-order chi connectivity index (χ1) is 15.0. The molecule has 0 atom stereocenters. The van der Waals surface area contributed by atoms with Crippen molar-refractivity contribution in [3.8, 4) is 11.4 Å². The number of aromatic nitrogens is 4. The molecule has 2 aliphatic rings. The summed E-state index contributed by atoms with van der Waals surface area (Å²) in [6.07, 6.45) is 4.74. The second kappa shape index (κ2) is 8.70. The van der Waals surface area contributed by atoms with Gasteiger partial charge in [0.15, 0.2) is 5.82 Å². The second-order valence-electron chi connectivity index (χ2n) is 6.92. The third kappa shape index (κ3) is 4.55. The molecule has 156 valence electrons. The Bertz CT molecular complexity index is 1300. The molecule has 0 fully saturated rings. The van der Waals surface area contributed by atoms with E-state index in [0.29, 0.717) is 0 Å². The zero-order valence-corrected chi connectivity index (χ0v) is 16.4. The van der Waals surface area contributed by atoms with Gasteiger partial charge in [0.2, 0.25) is 5.91 Å². The number of hydrogen-bond acceptors (Lipinski definition) is 5. The molecule has 0 radical (unpaired) electrons. The highest BCUT2D eigenvalue weighted by Crippen LogP contribution is 2.13. The molecule has 0 spiro atoms. The Morgan fingerprint density at radius 3 is 2.48 bits per heavy atom. The van der Waals surface area contributed by atoms with Crippen LogP contribution in [-0.2, 0) is 24.4 Å². The van der Waals surface area contributed by atoms with Gasteiger partial charge in [0.1, 0.15) is 12.4 Å². The van der Waals surface area contributed by atoms with E-state index in [-0.39, 0.29) is 42.7 Å². The molecule has 0 saturated carbocycles. The van der Waals surface area contributed by atoms with E-state index >= 15 is 0 Å². The minimum Gasteiger partial charge on any atom is -0.350 e. The molecule has 31 heavy (non-hydrogen) atoms. The predicted octanol–water partition coefficient (Wildman–Crippen LogP) is 1.41. The standard InChI is InChI=1S/C22H18FN5O3/c23-17-5-3-15(4-6-17)12-25-19(29)14-27-11-1-2-18-20(27)26-22(31)28(21(18)30)13-16-7-9-24-10-8-16/h1-11H,12-14H2,(H,25,29). The minimum absolute atomic E-state index is 0.0795. The molecule has 1 aromatic carbocycles. The normalized spacial score (nSPS) is 10.9. The fraction of sp³-hybridized carbons (Fsp3) is 0.136. The van der Waals surface area contributed by atoms with E-state index in [1.807, 2.05) is 0 Å². The van der Waals surface area contributed by atoms with E-state index in [9.17, 15) is 18.8 Å². The van der Waals surface area contributed by atoms with Crippen molar-refractivity contribution in [2.75, 3.05) is 0 Å². The second-order valence-corrected chi connectivity index (χ2v) is 6.92. The summed E-state index contributed by atoms with van der Waals surface area (Å²) in [4.78, 5) is 45.8. The van der Waals surface area contributed by atoms with Crippen molar-refractivity contribution < 1.29 is 9.18 Å². The first-order valence-electron chi connectivity index (χ1n) is 9.51. The summed E-state index contributed by atoms with van der Waals surface area (Å²) in [6.45, 7) is 0.179. The number of hydrogen-bond donors (Lipinski definition) is 1. The number of amides is 1. The number of carbonyl (C=O) groups excluding carboxylic acids is 1. The van der Waals surface area contributed by atoms with Gasteiger partial charge in [-0.1, -0.05) is 12.1 Å². The topological polar surface area (TPSA) is 98.9 Å². The van der Waals surface area contributed by atoms with Gasteiger partial charge in [0, 0.05) is 25.1 Å². The van der Waals surface area contributed by atoms with E-state index in [4.69, 9.17) is 0 Å². The number of nitrogens with zero attached hydrogens (tertiary/aromatic N) is 4. The number of halogens is 1. The number of rotatable bonds is 6. The van der Waals surface area contributed by atoms with E-state index in [1.165, 1.54) is 16.7 Å². The van der Waals surface area contributed by atoms with Gasteiger partial charge in [-0.15, -0.1) is 0 Å². The summed E-state index contributed by atoms with van der Waals surface area (Å²) >= 11 is 0. The maximum absolute atomic E-state index is 13.0. The summed E-state index contributed by atoms with van der Waals surface area (Å²) in [6, 6.07) is 12.4. The smallest absolute Gasteiger partial charge is 0.350 e. The van der Waals surface area contributed by atoms with E-state index in [0.717, 1.165) is 15.7 Å². The highest BCUT2D eigenvalue weighted by molar-refractivity contribution is 5.76. The highest BCUT2D eigenvalue weighted by Gasteiger charge is 2.18. The summed E-state index contributed by atoms with van der Waals surface area (Å²) in [5, 5.41) is 2.73. The van der Waals surface area contributed by atoms with Crippen LogP contribution in [0.25, 0.3) is 11.4 Å². The quantitative estimate of drug-likeness (QED) is 0.510. The molecule has 0 unspecified atom stereocenters. The SMILES string of the molecule is O=C(Cn1cccc2c(=O)n(Cc3ccncc3)c(=O)nc1-2)NCc1ccc(F)cc1. The van der Waals surface area contributed by atoms with Crippen LogP contribution in [0.5, 0.6) is 0 Å². The van der Waals surface area contributed by atoms with Crippen LogP contribution in [0.3, 0.4) is 0 Å². The molecule has 0 bridgehead atoms. The van der Waals surface area contributed by atoms with Crippen LogP contribution >= 0.6 is 0 Å². The maximum Gasteiger partial charge on any atom is 0.352 e. The lowest BCUT2D eigenvalue weighted by Crippen LogP contribution is -2.38. The molecule has 1 amide bonds. The highest BCUT2D eigenvalue weighted by atomic mass is 19.1. The molecule has 9 heteroatoms. The third-order valence-corrected chi connectivity index (χ3v) is 4.76. The van der Waals surface area contributed by atoms with Gasteiger partial charge in [-0.2, -0.15) is 4.98 Å². The lowest BCUT2D eigenvalue weighted by Gasteiger charge is -2.15. The first kappa shape index (κ1) is 20.1. The van der Waals surface area contributed by atoms with Crippen LogP contribution in [0.2, 0.25) is 0 Å². The van der Waals surface area contributed by atoms with Crippen molar-refractivity contribution in [2.45, 2.75) is 19.6 Å². The van der Waals surface area contributed by atoms with Gasteiger partial charge in [-0.05, 0) is 47.5 Å². The Morgan fingerprint density at radius 1 is 1.00 bits per heavy atom. The Morgan fingerprint density at radius 2 is 1.74 bits per heavy atom. The van der Waals surface area contributed by atoms with Crippen LogP contribution in [0.15, 0.2) is 76.7 Å². The van der Waals surface area contributed by atoms with Crippen molar-refractivity contribution in [2.24, 2.45) is 0 Å². The van der Waals surface area contributed by atoms with E-state index < -0.39 is 11.2 Å². The van der Waals surface area contributed by atoms with Crippen molar-refractivity contribution in [3.63, 3.8) is 0 Å². The number of fused-ring (bicyclic) bond motifs is 1. The monoisotopic (exact) mass is 419 g/mol. The Hall–Kier alpha value is -4.14. The van der Waals surface area contributed by atoms with Crippen LogP contribution in [0, 0.1) is 5.82 Å². The molecular formula is C22H18FN5O3. The summed E-state index contributed by atoms with van der Waals surface area (Å²) in [7, 11) is 0. The minimum atomic E-state index is -0.694. The number of carbonyl (C=O) groups is 1. The van der Waals surface area contributed by atoms with Crippen molar-refractivity contribution >= 4 is 5.91 Å². The van der Waals surface area contributed by atoms with E-state index in [1.54, 1.807) is 55.0 Å². The fourth-order valence-corrected chi connectivity index (χ4v) is 3.17. The molecule has 0 saturated heterocycles.